The first-order chi connectivity index (χ1) is 11.7. The van der Waals surface area contributed by atoms with Crippen LogP contribution in [0.2, 0.25) is 0 Å². The zero-order valence-corrected chi connectivity index (χ0v) is 16.4. The summed E-state index contributed by atoms with van der Waals surface area (Å²) in [5, 5.41) is 2.85. The molecule has 1 aromatic carbocycles. The topological polar surface area (TPSA) is 70.9 Å². The average molecular weight is 369 g/mol. The summed E-state index contributed by atoms with van der Waals surface area (Å²) in [5.74, 6) is -0.0832. The number of likely N-dealkylation sites (N-methyl/N-ethyl adjacent to an activating group) is 1. The molecule has 2 N–H and O–H groups in total. The Morgan fingerprint density at radius 3 is 2.48 bits per heavy atom. The number of anilines is 1. The summed E-state index contributed by atoms with van der Waals surface area (Å²) in [6.45, 7) is 2.15. The third-order valence-electron chi connectivity index (χ3n) is 4.97. The molecule has 1 saturated carbocycles. The van der Waals surface area contributed by atoms with Gasteiger partial charge in [0.25, 0.3) is 5.91 Å². The van der Waals surface area contributed by atoms with Crippen molar-refractivity contribution in [2.75, 3.05) is 33.0 Å². The predicted octanol–water partition coefficient (Wildman–Crippen LogP) is 1.03. The number of nitrogens with one attached hydrogen (secondary N) is 2. The predicted molar refractivity (Wildman–Crippen MR) is 99.3 cm³/mol. The van der Waals surface area contributed by atoms with E-state index in [1.807, 2.05) is 0 Å². The van der Waals surface area contributed by atoms with Crippen LogP contribution in [0.4, 0.5) is 5.69 Å². The molecule has 7 heteroatoms. The van der Waals surface area contributed by atoms with Crippen molar-refractivity contribution in [2.24, 2.45) is 0 Å². The number of amides is 1. The number of benzene rings is 1. The number of nitrogens with zero attached hydrogens (tertiary/aromatic N) is 1. The van der Waals surface area contributed by atoms with Gasteiger partial charge in [-0.2, -0.15) is 0 Å². The van der Waals surface area contributed by atoms with E-state index in [4.69, 9.17) is 0 Å². The van der Waals surface area contributed by atoms with Crippen LogP contribution in [-0.4, -0.2) is 52.4 Å². The van der Waals surface area contributed by atoms with Gasteiger partial charge in [-0.05, 0) is 50.3 Å². The van der Waals surface area contributed by atoms with Crippen LogP contribution in [0.1, 0.15) is 37.7 Å². The molecule has 1 aliphatic carbocycles. The molecule has 0 aromatic heterocycles. The third-order valence-corrected chi connectivity index (χ3v) is 6.93. The molecule has 140 valence electrons. The lowest BCUT2D eigenvalue weighted by Crippen LogP contribution is -3.14. The third kappa shape index (κ3) is 5.03. The number of sulfonamides is 1. The Labute approximate surface area is 151 Å². The van der Waals surface area contributed by atoms with Crippen molar-refractivity contribution < 1.29 is 18.1 Å². The van der Waals surface area contributed by atoms with Crippen LogP contribution in [0.25, 0.3) is 0 Å². The molecule has 0 heterocycles. The SMILES string of the molecule is Cc1ccc(NC(=O)C[NH+](C)C2CCCCC2)cc1S(=O)(=O)N(C)C. The molecule has 2 rings (SSSR count). The van der Waals surface area contributed by atoms with Crippen molar-refractivity contribution in [2.45, 2.75) is 50.0 Å². The van der Waals surface area contributed by atoms with Crippen molar-refractivity contribution in [1.82, 2.24) is 4.31 Å². The lowest BCUT2D eigenvalue weighted by atomic mass is 9.94. The fourth-order valence-corrected chi connectivity index (χ4v) is 4.49. The van der Waals surface area contributed by atoms with Crippen LogP contribution >= 0.6 is 0 Å². The van der Waals surface area contributed by atoms with Gasteiger partial charge in [-0.1, -0.05) is 12.5 Å². The zero-order valence-electron chi connectivity index (χ0n) is 15.6. The van der Waals surface area contributed by atoms with Crippen molar-refractivity contribution in [3.63, 3.8) is 0 Å². The number of hydrogen-bond acceptors (Lipinski definition) is 3. The number of carbonyl (C=O) groups excluding carboxylic acids is 1. The maximum absolute atomic E-state index is 12.4. The van der Waals surface area contributed by atoms with E-state index >= 15 is 0 Å². The van der Waals surface area contributed by atoms with Crippen LogP contribution in [0.3, 0.4) is 0 Å². The van der Waals surface area contributed by atoms with Crippen LogP contribution < -0.4 is 10.2 Å². The summed E-state index contributed by atoms with van der Waals surface area (Å²) < 4.78 is 26.0. The van der Waals surface area contributed by atoms with Crippen LogP contribution in [0, 0.1) is 6.92 Å². The van der Waals surface area contributed by atoms with E-state index in [0.717, 1.165) is 0 Å². The molecule has 0 aliphatic heterocycles. The van der Waals surface area contributed by atoms with Gasteiger partial charge in [0.1, 0.15) is 0 Å². The van der Waals surface area contributed by atoms with Crippen LogP contribution in [-0.2, 0) is 14.8 Å². The van der Waals surface area contributed by atoms with Crippen LogP contribution in [0.15, 0.2) is 23.1 Å². The Morgan fingerprint density at radius 1 is 1.24 bits per heavy atom. The van der Waals surface area contributed by atoms with Gasteiger partial charge in [-0.3, -0.25) is 4.79 Å². The molecule has 0 radical (unpaired) electrons. The van der Waals surface area contributed by atoms with E-state index in [-0.39, 0.29) is 10.8 Å². The van der Waals surface area contributed by atoms with E-state index in [0.29, 0.717) is 23.8 Å². The Hall–Kier alpha value is -1.44. The van der Waals surface area contributed by atoms with E-state index in [1.54, 1.807) is 25.1 Å². The second-order valence-electron chi connectivity index (χ2n) is 7.17. The molecule has 0 saturated heterocycles. The summed E-state index contributed by atoms with van der Waals surface area (Å²) in [6, 6.07) is 5.56. The second kappa shape index (κ2) is 8.29. The summed E-state index contributed by atoms with van der Waals surface area (Å²) >= 11 is 0. The normalized spacial score (nSPS) is 17.5. The quantitative estimate of drug-likeness (QED) is 0.788. The van der Waals surface area contributed by atoms with Gasteiger partial charge in [0.15, 0.2) is 6.54 Å². The molecule has 1 atom stereocenters. The maximum Gasteiger partial charge on any atom is 0.279 e. The number of hydrogen-bond donors (Lipinski definition) is 2. The Balaban J connectivity index is 2.06. The molecule has 1 aliphatic rings. The van der Waals surface area contributed by atoms with Crippen LogP contribution in [0.5, 0.6) is 0 Å². The second-order valence-corrected chi connectivity index (χ2v) is 9.29. The van der Waals surface area contributed by atoms with Crippen molar-refractivity contribution in [3.05, 3.63) is 23.8 Å². The first kappa shape index (κ1) is 19.9. The lowest BCUT2D eigenvalue weighted by Gasteiger charge is -2.27. The smallest absolute Gasteiger partial charge is 0.279 e. The van der Waals surface area contributed by atoms with Gasteiger partial charge in [0.05, 0.1) is 18.0 Å². The molecule has 1 fully saturated rings. The molecular formula is C18H30N3O3S+. The molecule has 1 unspecified atom stereocenters. The number of rotatable bonds is 6. The monoisotopic (exact) mass is 368 g/mol. The fourth-order valence-electron chi connectivity index (χ4n) is 3.35. The van der Waals surface area contributed by atoms with Gasteiger partial charge in [-0.25, -0.2) is 12.7 Å². The van der Waals surface area contributed by atoms with Gasteiger partial charge < -0.3 is 10.2 Å². The van der Waals surface area contributed by atoms with E-state index < -0.39 is 10.0 Å². The van der Waals surface area contributed by atoms with E-state index in [9.17, 15) is 13.2 Å². The minimum absolute atomic E-state index is 0.0832. The molecular weight excluding hydrogens is 338 g/mol. The fraction of sp³-hybridized carbons (Fsp3) is 0.611. The largest absolute Gasteiger partial charge is 0.327 e. The molecule has 6 nitrogen and oxygen atoms in total. The number of carbonyl (C=O) groups is 1. The lowest BCUT2D eigenvalue weighted by molar-refractivity contribution is -0.899. The summed E-state index contributed by atoms with van der Waals surface area (Å²) in [7, 11) is 1.54. The molecule has 25 heavy (non-hydrogen) atoms. The van der Waals surface area contributed by atoms with Crippen molar-refractivity contribution in [1.29, 1.82) is 0 Å². The van der Waals surface area contributed by atoms with Crippen molar-refractivity contribution >= 4 is 21.6 Å². The highest BCUT2D eigenvalue weighted by atomic mass is 32.2. The minimum atomic E-state index is -3.53. The van der Waals surface area contributed by atoms with E-state index in [1.165, 1.54) is 55.4 Å². The first-order valence-electron chi connectivity index (χ1n) is 8.87. The standard InChI is InChI=1S/C18H29N3O3S/c1-14-10-11-15(12-17(14)25(23,24)20(2)3)19-18(22)13-21(4)16-8-6-5-7-9-16/h10-12,16H,5-9,13H2,1-4H3,(H,19,22)/p+1. The van der Waals surface area contributed by atoms with Gasteiger partial charge in [0.2, 0.25) is 10.0 Å². The summed E-state index contributed by atoms with van der Waals surface area (Å²) in [6.07, 6.45) is 6.13. The van der Waals surface area contributed by atoms with Gasteiger partial charge >= 0.3 is 0 Å². The Kier molecular flexibility index (Phi) is 6.59. The van der Waals surface area contributed by atoms with Gasteiger partial charge in [0, 0.05) is 19.8 Å². The molecule has 1 amide bonds. The average Bonchev–Trinajstić information content (AvgIpc) is 2.57. The number of aryl methyl sites for hydroxylation is 1. The molecule has 0 bridgehead atoms. The maximum atomic E-state index is 12.4. The minimum Gasteiger partial charge on any atom is -0.327 e. The Morgan fingerprint density at radius 2 is 1.88 bits per heavy atom. The molecule has 0 spiro atoms. The Bertz CT molecular complexity index is 710. The van der Waals surface area contributed by atoms with Gasteiger partial charge in [-0.15, -0.1) is 0 Å². The zero-order chi connectivity index (χ0) is 18.6. The summed E-state index contributed by atoms with van der Waals surface area (Å²) in [4.78, 5) is 13.8. The highest BCUT2D eigenvalue weighted by molar-refractivity contribution is 7.89. The van der Waals surface area contributed by atoms with Crippen molar-refractivity contribution in [3.8, 4) is 0 Å². The highest BCUT2D eigenvalue weighted by Crippen LogP contribution is 2.22. The number of quaternary nitrogens is 1. The summed E-state index contributed by atoms with van der Waals surface area (Å²) in [5.41, 5.74) is 1.18. The highest BCUT2D eigenvalue weighted by Gasteiger charge is 2.24. The first-order valence-corrected chi connectivity index (χ1v) is 10.3. The molecule has 1 aromatic rings. The van der Waals surface area contributed by atoms with E-state index in [2.05, 4.69) is 12.4 Å².